The summed E-state index contributed by atoms with van der Waals surface area (Å²) in [5.41, 5.74) is 1.12. The molecule has 0 amide bonds. The smallest absolute Gasteiger partial charge is 0.354 e. The lowest BCUT2D eigenvalue weighted by molar-refractivity contribution is 0.207. The van der Waals surface area contributed by atoms with Crippen LogP contribution in [0.2, 0.25) is 0 Å². The van der Waals surface area contributed by atoms with Crippen LogP contribution in [0.25, 0.3) is 0 Å². The molecule has 1 N–H and O–H groups in total. The van der Waals surface area contributed by atoms with Crippen LogP contribution in [0.4, 0.5) is 4.39 Å². The molecule has 4 nitrogen and oxygen atoms in total. The minimum absolute atomic E-state index is 0.251. The van der Waals surface area contributed by atoms with Crippen LogP contribution in [-0.4, -0.2) is 18.3 Å². The minimum Gasteiger partial charge on any atom is -0.384 e. The Bertz CT molecular complexity index is 532. The maximum atomic E-state index is 13.0. The third kappa shape index (κ3) is 6.56. The summed E-state index contributed by atoms with van der Waals surface area (Å²) in [6.45, 7) is 6.01. The van der Waals surface area contributed by atoms with Crippen molar-refractivity contribution in [1.29, 1.82) is 0 Å². The molecule has 0 radical (unpaired) electrons. The van der Waals surface area contributed by atoms with Gasteiger partial charge in [-0.2, -0.15) is 0 Å². The van der Waals surface area contributed by atoms with Crippen LogP contribution >= 0.6 is 7.60 Å². The van der Waals surface area contributed by atoms with Crippen molar-refractivity contribution in [2.24, 2.45) is 0 Å². The van der Waals surface area contributed by atoms with E-state index in [0.717, 1.165) is 12.8 Å². The molecule has 0 spiro atoms. The minimum atomic E-state index is -3.40. The van der Waals surface area contributed by atoms with Crippen molar-refractivity contribution < 1.29 is 23.1 Å². The Morgan fingerprint density at radius 1 is 1.22 bits per heavy atom. The van der Waals surface area contributed by atoms with Crippen LogP contribution in [0.3, 0.4) is 0 Å². The molecule has 1 atom stereocenters. The van der Waals surface area contributed by atoms with Gasteiger partial charge in [-0.1, -0.05) is 25.5 Å². The van der Waals surface area contributed by atoms with E-state index in [2.05, 4.69) is 0 Å². The van der Waals surface area contributed by atoms with Gasteiger partial charge >= 0.3 is 7.60 Å². The van der Waals surface area contributed by atoms with E-state index in [-0.39, 0.29) is 19.0 Å². The van der Waals surface area contributed by atoms with Crippen LogP contribution in [-0.2, 0) is 13.6 Å². The molecule has 6 heteroatoms. The van der Waals surface area contributed by atoms with Gasteiger partial charge in [-0.15, -0.1) is 0 Å². The summed E-state index contributed by atoms with van der Waals surface area (Å²) in [5, 5.41) is 10.6. The number of hydrogen-bond acceptors (Lipinski definition) is 4. The van der Waals surface area contributed by atoms with E-state index in [0.29, 0.717) is 17.6 Å². The summed E-state index contributed by atoms with van der Waals surface area (Å²) < 4.78 is 36.3. The first-order valence-corrected chi connectivity index (χ1v) is 9.60. The van der Waals surface area contributed by atoms with Crippen LogP contribution in [0.5, 0.6) is 0 Å². The first-order chi connectivity index (χ1) is 11.0. The second-order valence-electron chi connectivity index (χ2n) is 5.14. The van der Waals surface area contributed by atoms with E-state index >= 15 is 0 Å². The third-order valence-electron chi connectivity index (χ3n) is 3.30. The molecule has 1 aromatic carbocycles. The van der Waals surface area contributed by atoms with Gasteiger partial charge in [0.25, 0.3) is 0 Å². The Labute approximate surface area is 137 Å². The van der Waals surface area contributed by atoms with Gasteiger partial charge in [0.15, 0.2) is 0 Å². The fourth-order valence-electron chi connectivity index (χ4n) is 2.19. The van der Waals surface area contributed by atoms with Gasteiger partial charge in [0.05, 0.1) is 13.2 Å². The molecule has 0 aliphatic heterocycles. The monoisotopic (exact) mass is 344 g/mol. The predicted molar refractivity (Wildman–Crippen MR) is 89.8 cm³/mol. The lowest BCUT2D eigenvalue weighted by atomic mass is 9.98. The van der Waals surface area contributed by atoms with Crippen molar-refractivity contribution in [2.45, 2.75) is 46.1 Å². The van der Waals surface area contributed by atoms with Crippen molar-refractivity contribution in [3.8, 4) is 0 Å². The van der Waals surface area contributed by atoms with Crippen LogP contribution in [0, 0.1) is 5.82 Å². The molecule has 0 aromatic heterocycles. The normalized spacial score (nSPS) is 14.0. The lowest BCUT2D eigenvalue weighted by Gasteiger charge is -2.19. The number of aliphatic hydroxyl groups is 1. The Morgan fingerprint density at radius 3 is 2.26 bits per heavy atom. The summed E-state index contributed by atoms with van der Waals surface area (Å²) >= 11 is 0. The Hall–Kier alpha value is -1.00. The molecule has 0 heterocycles. The van der Waals surface area contributed by atoms with Gasteiger partial charge in [-0.25, -0.2) is 4.39 Å². The standard InChI is InChI=1S/C17H26FO4P/c1-4-7-8-15(13-23(20,21-5-2)22-6-3)17(19)14-9-11-16(18)12-10-14/h9-13,17,19H,4-8H2,1-3H3/b15-13+. The highest BCUT2D eigenvalue weighted by molar-refractivity contribution is 7.57. The number of halogens is 1. The Balaban J connectivity index is 3.12. The fraction of sp³-hybridized carbons (Fsp3) is 0.529. The number of rotatable bonds is 10. The van der Waals surface area contributed by atoms with E-state index in [9.17, 15) is 14.1 Å². The second-order valence-corrected chi connectivity index (χ2v) is 6.99. The molecule has 0 aliphatic carbocycles. The first kappa shape index (κ1) is 20.0. The Kier molecular flexibility index (Phi) is 8.71. The zero-order valence-electron chi connectivity index (χ0n) is 14.0. The molecule has 0 bridgehead atoms. The molecule has 1 aromatic rings. The molecule has 1 unspecified atom stereocenters. The van der Waals surface area contributed by atoms with Crippen LogP contribution in [0.1, 0.15) is 51.7 Å². The maximum Gasteiger partial charge on any atom is 0.354 e. The average molecular weight is 344 g/mol. The van der Waals surface area contributed by atoms with Crippen molar-refractivity contribution in [1.82, 2.24) is 0 Å². The maximum absolute atomic E-state index is 13.0. The van der Waals surface area contributed by atoms with Crippen molar-refractivity contribution in [3.05, 3.63) is 47.0 Å². The zero-order valence-corrected chi connectivity index (χ0v) is 14.9. The van der Waals surface area contributed by atoms with Crippen LogP contribution < -0.4 is 0 Å². The molecule has 130 valence electrons. The molecular formula is C17H26FO4P. The number of aliphatic hydroxyl groups excluding tert-OH is 1. The van der Waals surface area contributed by atoms with Crippen LogP contribution in [0.15, 0.2) is 35.7 Å². The van der Waals surface area contributed by atoms with Crippen molar-refractivity contribution >= 4 is 7.60 Å². The first-order valence-electron chi connectivity index (χ1n) is 7.99. The predicted octanol–water partition coefficient (Wildman–Crippen LogP) is 5.20. The number of unbranched alkanes of at least 4 members (excludes halogenated alkanes) is 1. The van der Waals surface area contributed by atoms with E-state index in [4.69, 9.17) is 9.05 Å². The van der Waals surface area contributed by atoms with Crippen molar-refractivity contribution in [2.75, 3.05) is 13.2 Å². The molecule has 0 saturated carbocycles. The largest absolute Gasteiger partial charge is 0.384 e. The van der Waals surface area contributed by atoms with E-state index in [1.54, 1.807) is 13.8 Å². The summed E-state index contributed by atoms with van der Waals surface area (Å²) in [6.07, 6.45) is 1.37. The molecular weight excluding hydrogens is 318 g/mol. The van der Waals surface area contributed by atoms with E-state index in [1.807, 2.05) is 6.92 Å². The van der Waals surface area contributed by atoms with E-state index < -0.39 is 13.7 Å². The number of hydrogen-bond donors (Lipinski definition) is 1. The lowest BCUT2D eigenvalue weighted by Crippen LogP contribution is -2.04. The van der Waals surface area contributed by atoms with Gasteiger partial charge in [-0.05, 0) is 50.0 Å². The zero-order chi connectivity index (χ0) is 17.3. The van der Waals surface area contributed by atoms with Gasteiger partial charge in [-0.3, -0.25) is 4.57 Å². The Morgan fingerprint density at radius 2 is 1.78 bits per heavy atom. The van der Waals surface area contributed by atoms with Gasteiger partial charge in [0.2, 0.25) is 0 Å². The molecule has 0 aliphatic rings. The third-order valence-corrected chi connectivity index (χ3v) is 5.18. The second kappa shape index (κ2) is 9.99. The number of benzene rings is 1. The summed E-state index contributed by atoms with van der Waals surface area (Å²) in [7, 11) is -3.40. The van der Waals surface area contributed by atoms with E-state index in [1.165, 1.54) is 30.1 Å². The van der Waals surface area contributed by atoms with Gasteiger partial charge < -0.3 is 14.2 Å². The molecule has 0 saturated heterocycles. The molecule has 1 rings (SSSR count). The van der Waals surface area contributed by atoms with Gasteiger partial charge in [0.1, 0.15) is 11.9 Å². The fourth-order valence-corrected chi connectivity index (χ4v) is 3.81. The summed E-state index contributed by atoms with van der Waals surface area (Å²) in [4.78, 5) is 0. The summed E-state index contributed by atoms with van der Waals surface area (Å²) in [5.74, 6) is 1.05. The topological polar surface area (TPSA) is 55.8 Å². The average Bonchev–Trinajstić information content (AvgIpc) is 2.52. The summed E-state index contributed by atoms with van der Waals surface area (Å²) in [6, 6.07) is 5.62. The SMILES string of the molecule is CCCC/C(=C\P(=O)(OCC)OCC)C(O)c1ccc(F)cc1. The van der Waals surface area contributed by atoms with Crippen molar-refractivity contribution in [3.63, 3.8) is 0 Å². The highest BCUT2D eigenvalue weighted by atomic mass is 31.2. The highest BCUT2D eigenvalue weighted by Gasteiger charge is 2.24. The molecule has 0 fully saturated rings. The molecule has 23 heavy (non-hydrogen) atoms. The quantitative estimate of drug-likeness (QED) is 0.593. The highest BCUT2D eigenvalue weighted by Crippen LogP contribution is 2.52. The van der Waals surface area contributed by atoms with Gasteiger partial charge in [0, 0.05) is 5.82 Å².